The van der Waals surface area contributed by atoms with E-state index in [-0.39, 0.29) is 11.5 Å². The Morgan fingerprint density at radius 2 is 1.83 bits per heavy atom. The predicted octanol–water partition coefficient (Wildman–Crippen LogP) is 4.70. The SMILES string of the molecule is COCCCOc1cc2c(cc1OC)C=NC(C(C)(C)COCc1ccccc1)C2. The molecule has 1 aliphatic rings. The molecule has 0 amide bonds. The highest BCUT2D eigenvalue weighted by atomic mass is 16.5. The number of ether oxygens (including phenoxy) is 4. The van der Waals surface area contributed by atoms with Crippen molar-refractivity contribution in [3.8, 4) is 11.5 Å². The highest BCUT2D eigenvalue weighted by Crippen LogP contribution is 2.36. The van der Waals surface area contributed by atoms with Crippen LogP contribution in [0, 0.1) is 5.41 Å². The van der Waals surface area contributed by atoms with Crippen LogP contribution in [0.3, 0.4) is 0 Å². The molecule has 5 nitrogen and oxygen atoms in total. The standard InChI is InChI=1S/C25H33NO4/c1-25(2,18-29-17-19-9-6-5-7-10-19)24-15-20-13-23(30-12-8-11-27-3)22(28-4)14-21(20)16-26-24/h5-7,9-10,13-14,16,24H,8,11-12,15,17-18H2,1-4H3. The lowest BCUT2D eigenvalue weighted by atomic mass is 9.80. The van der Waals surface area contributed by atoms with Gasteiger partial charge in [-0.2, -0.15) is 0 Å². The van der Waals surface area contributed by atoms with Crippen LogP contribution in [0.25, 0.3) is 0 Å². The summed E-state index contributed by atoms with van der Waals surface area (Å²) in [4.78, 5) is 4.84. The van der Waals surface area contributed by atoms with Crippen molar-refractivity contribution in [2.75, 3.05) is 34.0 Å². The van der Waals surface area contributed by atoms with Crippen LogP contribution in [0.5, 0.6) is 11.5 Å². The van der Waals surface area contributed by atoms with Crippen LogP contribution < -0.4 is 9.47 Å². The molecule has 0 bridgehead atoms. The average molecular weight is 412 g/mol. The summed E-state index contributed by atoms with van der Waals surface area (Å²) in [6, 6.07) is 14.5. The summed E-state index contributed by atoms with van der Waals surface area (Å²) >= 11 is 0. The van der Waals surface area contributed by atoms with Gasteiger partial charge in [-0.25, -0.2) is 0 Å². The third-order valence-corrected chi connectivity index (χ3v) is 5.47. The van der Waals surface area contributed by atoms with E-state index in [1.54, 1.807) is 14.2 Å². The fourth-order valence-electron chi connectivity index (χ4n) is 3.58. The van der Waals surface area contributed by atoms with Gasteiger partial charge in [-0.05, 0) is 35.2 Å². The molecule has 5 heteroatoms. The van der Waals surface area contributed by atoms with Crippen molar-refractivity contribution >= 4 is 6.21 Å². The Kier molecular flexibility index (Phi) is 7.88. The van der Waals surface area contributed by atoms with Gasteiger partial charge in [-0.15, -0.1) is 0 Å². The van der Waals surface area contributed by atoms with Gasteiger partial charge in [-0.1, -0.05) is 44.2 Å². The van der Waals surface area contributed by atoms with Gasteiger partial charge in [0.05, 0.1) is 33.0 Å². The summed E-state index contributed by atoms with van der Waals surface area (Å²) in [7, 11) is 3.37. The van der Waals surface area contributed by atoms with Crippen molar-refractivity contribution in [2.45, 2.75) is 39.3 Å². The zero-order valence-electron chi connectivity index (χ0n) is 18.5. The molecule has 0 spiro atoms. The van der Waals surface area contributed by atoms with Crippen LogP contribution in [-0.4, -0.2) is 46.3 Å². The second kappa shape index (κ2) is 10.6. The lowest BCUT2D eigenvalue weighted by Crippen LogP contribution is -2.36. The molecule has 0 N–H and O–H groups in total. The van der Waals surface area contributed by atoms with Gasteiger partial charge >= 0.3 is 0 Å². The molecular weight excluding hydrogens is 378 g/mol. The number of fused-ring (bicyclic) bond motifs is 1. The summed E-state index contributed by atoms with van der Waals surface area (Å²) in [6.45, 7) is 6.98. The van der Waals surface area contributed by atoms with Crippen molar-refractivity contribution < 1.29 is 18.9 Å². The van der Waals surface area contributed by atoms with Gasteiger partial charge in [0.25, 0.3) is 0 Å². The van der Waals surface area contributed by atoms with Gasteiger partial charge in [-0.3, -0.25) is 4.99 Å². The third-order valence-electron chi connectivity index (χ3n) is 5.47. The zero-order valence-corrected chi connectivity index (χ0v) is 18.5. The maximum Gasteiger partial charge on any atom is 0.161 e. The van der Waals surface area contributed by atoms with Gasteiger partial charge in [0, 0.05) is 31.8 Å². The van der Waals surface area contributed by atoms with Crippen LogP contribution in [-0.2, 0) is 22.5 Å². The quantitative estimate of drug-likeness (QED) is 0.503. The Morgan fingerprint density at radius 1 is 1.03 bits per heavy atom. The molecule has 1 atom stereocenters. The van der Waals surface area contributed by atoms with E-state index in [1.165, 1.54) is 11.1 Å². The van der Waals surface area contributed by atoms with Crippen molar-refractivity contribution in [2.24, 2.45) is 10.4 Å². The van der Waals surface area contributed by atoms with E-state index in [2.05, 4.69) is 32.0 Å². The minimum absolute atomic E-state index is 0.0810. The van der Waals surface area contributed by atoms with Gasteiger partial charge in [0.2, 0.25) is 0 Å². The molecule has 2 aromatic rings. The third kappa shape index (κ3) is 5.83. The van der Waals surface area contributed by atoms with Crippen molar-refractivity contribution in [3.05, 3.63) is 59.2 Å². The van der Waals surface area contributed by atoms with E-state index in [0.717, 1.165) is 29.9 Å². The Hall–Kier alpha value is -2.37. The van der Waals surface area contributed by atoms with Crippen LogP contribution in [0.15, 0.2) is 47.5 Å². The smallest absolute Gasteiger partial charge is 0.161 e. The molecule has 1 heterocycles. The molecule has 0 aliphatic carbocycles. The first-order valence-corrected chi connectivity index (χ1v) is 10.5. The first-order chi connectivity index (χ1) is 14.5. The number of methoxy groups -OCH3 is 2. The normalized spacial score (nSPS) is 15.7. The molecule has 0 saturated heterocycles. The lowest BCUT2D eigenvalue weighted by Gasteiger charge is -2.34. The second-order valence-corrected chi connectivity index (χ2v) is 8.36. The lowest BCUT2D eigenvalue weighted by molar-refractivity contribution is 0.0386. The summed E-state index contributed by atoms with van der Waals surface area (Å²) < 4.78 is 22.6. The van der Waals surface area contributed by atoms with Crippen molar-refractivity contribution in [1.29, 1.82) is 0 Å². The first kappa shape index (κ1) is 22.3. The fraction of sp³-hybridized carbons (Fsp3) is 0.480. The van der Waals surface area contributed by atoms with E-state index >= 15 is 0 Å². The number of rotatable bonds is 11. The molecule has 3 rings (SSSR count). The van der Waals surface area contributed by atoms with E-state index < -0.39 is 0 Å². The van der Waals surface area contributed by atoms with E-state index in [4.69, 9.17) is 23.9 Å². The Labute approximate surface area is 180 Å². The zero-order chi connectivity index (χ0) is 21.4. The van der Waals surface area contributed by atoms with Crippen molar-refractivity contribution in [3.63, 3.8) is 0 Å². The van der Waals surface area contributed by atoms with Crippen molar-refractivity contribution in [1.82, 2.24) is 0 Å². The fourth-order valence-corrected chi connectivity index (χ4v) is 3.58. The number of benzene rings is 2. The maximum atomic E-state index is 6.03. The summed E-state index contributed by atoms with van der Waals surface area (Å²) in [5.41, 5.74) is 3.43. The molecule has 0 radical (unpaired) electrons. The molecular formula is C25H33NO4. The van der Waals surface area contributed by atoms with E-state index in [0.29, 0.717) is 26.4 Å². The number of nitrogens with zero attached hydrogens (tertiary/aromatic N) is 1. The van der Waals surface area contributed by atoms with E-state index in [9.17, 15) is 0 Å². The minimum Gasteiger partial charge on any atom is -0.493 e. The first-order valence-electron chi connectivity index (χ1n) is 10.5. The van der Waals surface area contributed by atoms with E-state index in [1.807, 2.05) is 30.5 Å². The average Bonchev–Trinajstić information content (AvgIpc) is 2.76. The van der Waals surface area contributed by atoms with Crippen LogP contribution in [0.2, 0.25) is 0 Å². The summed E-state index contributed by atoms with van der Waals surface area (Å²) in [5, 5.41) is 0. The molecule has 30 heavy (non-hydrogen) atoms. The number of hydrogen-bond donors (Lipinski definition) is 0. The summed E-state index contributed by atoms with van der Waals surface area (Å²) in [6.07, 6.45) is 3.65. The van der Waals surface area contributed by atoms with Gasteiger partial charge < -0.3 is 18.9 Å². The highest BCUT2D eigenvalue weighted by Gasteiger charge is 2.32. The van der Waals surface area contributed by atoms with Gasteiger partial charge in [0.1, 0.15) is 0 Å². The molecule has 1 aliphatic heterocycles. The molecule has 2 aromatic carbocycles. The maximum absolute atomic E-state index is 6.03. The predicted molar refractivity (Wildman–Crippen MR) is 120 cm³/mol. The Morgan fingerprint density at radius 3 is 2.57 bits per heavy atom. The minimum atomic E-state index is -0.0810. The molecule has 0 aromatic heterocycles. The molecule has 0 fully saturated rings. The highest BCUT2D eigenvalue weighted by molar-refractivity contribution is 5.84. The monoisotopic (exact) mass is 411 g/mol. The van der Waals surface area contributed by atoms with Crippen LogP contribution in [0.4, 0.5) is 0 Å². The largest absolute Gasteiger partial charge is 0.493 e. The van der Waals surface area contributed by atoms with Crippen LogP contribution >= 0.6 is 0 Å². The Balaban J connectivity index is 1.64. The number of hydrogen-bond acceptors (Lipinski definition) is 5. The number of aliphatic imine (C=N–C) groups is 1. The molecule has 1 unspecified atom stereocenters. The Bertz CT molecular complexity index is 833. The molecule has 162 valence electrons. The second-order valence-electron chi connectivity index (χ2n) is 8.36. The van der Waals surface area contributed by atoms with Crippen LogP contribution in [0.1, 0.15) is 37.0 Å². The van der Waals surface area contributed by atoms with Gasteiger partial charge in [0.15, 0.2) is 11.5 Å². The summed E-state index contributed by atoms with van der Waals surface area (Å²) in [5.74, 6) is 1.51. The molecule has 0 saturated carbocycles. The topological polar surface area (TPSA) is 49.3 Å².